The van der Waals surface area contributed by atoms with Crippen molar-refractivity contribution >= 4 is 87.1 Å². The van der Waals surface area contributed by atoms with E-state index in [4.69, 9.17) is 4.42 Å². The summed E-state index contributed by atoms with van der Waals surface area (Å²) in [4.78, 5) is 0. The standard InChI is InChI=1S/C50H30N2O/c1-2-13-32(14-3-1)52-43-23-10-7-19-41(43)48-47-37(35-15-4-5-17-38(35)49(48)52)29-30-44-46(47)40-18-6-9-22-42(40)51(44)33-27-25-31(26-28-33)34-20-12-21-39-36-16-8-11-24-45(36)53-50(34)39/h1-30H. The molecule has 53 heavy (non-hydrogen) atoms. The van der Waals surface area contributed by atoms with Gasteiger partial charge in [0.15, 0.2) is 0 Å². The Balaban J connectivity index is 1.17. The largest absolute Gasteiger partial charge is 0.455 e. The lowest BCUT2D eigenvalue weighted by atomic mass is 9.93. The van der Waals surface area contributed by atoms with E-state index in [1.165, 1.54) is 65.2 Å². The third-order valence-corrected chi connectivity index (χ3v) is 11.3. The molecule has 0 amide bonds. The van der Waals surface area contributed by atoms with Crippen molar-refractivity contribution < 1.29 is 4.42 Å². The van der Waals surface area contributed by atoms with Crippen LogP contribution in [0.2, 0.25) is 0 Å². The lowest BCUT2D eigenvalue weighted by molar-refractivity contribution is 0.670. The lowest BCUT2D eigenvalue weighted by Gasteiger charge is -2.13. The molecule has 0 aliphatic rings. The van der Waals surface area contributed by atoms with Crippen molar-refractivity contribution in [3.8, 4) is 22.5 Å². The molecule has 0 atom stereocenters. The summed E-state index contributed by atoms with van der Waals surface area (Å²) in [5, 5.41) is 12.5. The third-order valence-electron chi connectivity index (χ3n) is 11.3. The molecule has 0 fully saturated rings. The minimum Gasteiger partial charge on any atom is -0.455 e. The molecule has 3 heterocycles. The Labute approximate surface area is 304 Å². The average Bonchev–Trinajstić information content (AvgIpc) is 3.89. The number of furan rings is 1. The Hall–Kier alpha value is -7.10. The van der Waals surface area contributed by atoms with Crippen LogP contribution in [0, 0.1) is 0 Å². The highest BCUT2D eigenvalue weighted by atomic mass is 16.3. The van der Waals surface area contributed by atoms with Gasteiger partial charge in [-0.2, -0.15) is 0 Å². The van der Waals surface area contributed by atoms with Crippen LogP contribution in [0.15, 0.2) is 186 Å². The summed E-state index contributed by atoms with van der Waals surface area (Å²) in [6.07, 6.45) is 0. The first-order valence-corrected chi connectivity index (χ1v) is 18.2. The summed E-state index contributed by atoms with van der Waals surface area (Å²) < 4.78 is 11.3. The maximum Gasteiger partial charge on any atom is 0.143 e. The summed E-state index contributed by atoms with van der Waals surface area (Å²) in [5.41, 5.74) is 11.2. The molecule has 0 spiro atoms. The first-order chi connectivity index (χ1) is 26.3. The molecule has 0 saturated carbocycles. The Morgan fingerprint density at radius 3 is 1.72 bits per heavy atom. The van der Waals surface area contributed by atoms with Crippen molar-refractivity contribution in [1.29, 1.82) is 0 Å². The molecule has 12 aromatic rings. The number of fused-ring (bicyclic) bond motifs is 15. The molecular formula is C50H30N2O. The van der Waals surface area contributed by atoms with Crippen molar-refractivity contribution in [2.24, 2.45) is 0 Å². The third kappa shape index (κ3) is 3.88. The molecule has 0 aliphatic carbocycles. The Kier molecular flexibility index (Phi) is 5.77. The Morgan fingerprint density at radius 1 is 0.321 bits per heavy atom. The second kappa shape index (κ2) is 10.7. The topological polar surface area (TPSA) is 23.0 Å². The van der Waals surface area contributed by atoms with E-state index in [1.54, 1.807) is 0 Å². The molecular weight excluding hydrogens is 645 g/mol. The minimum atomic E-state index is 0.915. The Bertz CT molecular complexity index is 3430. The molecule has 3 heteroatoms. The molecule has 3 nitrogen and oxygen atoms in total. The fourth-order valence-electron chi connectivity index (χ4n) is 9.11. The highest BCUT2D eigenvalue weighted by Crippen LogP contribution is 2.47. The number of rotatable bonds is 3. The number of hydrogen-bond donors (Lipinski definition) is 0. The number of nitrogens with zero attached hydrogens (tertiary/aromatic N) is 2. The molecule has 0 unspecified atom stereocenters. The van der Waals surface area contributed by atoms with Gasteiger partial charge in [0.05, 0.1) is 22.1 Å². The van der Waals surface area contributed by atoms with Crippen LogP contribution in [0.25, 0.3) is 110 Å². The van der Waals surface area contributed by atoms with Crippen molar-refractivity contribution in [2.45, 2.75) is 0 Å². The summed E-state index contributed by atoms with van der Waals surface area (Å²) in [7, 11) is 0. The van der Waals surface area contributed by atoms with Gasteiger partial charge < -0.3 is 13.6 Å². The van der Waals surface area contributed by atoms with Gasteiger partial charge in [-0.15, -0.1) is 0 Å². The minimum absolute atomic E-state index is 0.915. The summed E-state index contributed by atoms with van der Waals surface area (Å²) >= 11 is 0. The van der Waals surface area contributed by atoms with E-state index in [0.29, 0.717) is 0 Å². The van der Waals surface area contributed by atoms with Crippen LogP contribution in [0.1, 0.15) is 0 Å². The fraction of sp³-hybridized carbons (Fsp3) is 0. The van der Waals surface area contributed by atoms with E-state index in [2.05, 4.69) is 179 Å². The van der Waals surface area contributed by atoms with Gasteiger partial charge in [-0.05, 0) is 64.9 Å². The number of hydrogen-bond acceptors (Lipinski definition) is 1. The van der Waals surface area contributed by atoms with E-state index in [-0.39, 0.29) is 0 Å². The van der Waals surface area contributed by atoms with Crippen LogP contribution >= 0.6 is 0 Å². The second-order valence-corrected chi connectivity index (χ2v) is 14.0. The smallest absolute Gasteiger partial charge is 0.143 e. The number of aromatic nitrogens is 2. The molecule has 0 radical (unpaired) electrons. The number of para-hydroxylation sites is 5. The molecule has 9 aromatic carbocycles. The average molecular weight is 675 g/mol. The van der Waals surface area contributed by atoms with Gasteiger partial charge in [0, 0.05) is 60.0 Å². The molecule has 12 rings (SSSR count). The molecule has 0 aliphatic heterocycles. The van der Waals surface area contributed by atoms with E-state index in [1.807, 2.05) is 12.1 Å². The van der Waals surface area contributed by atoms with Crippen LogP contribution in [0.5, 0.6) is 0 Å². The highest BCUT2D eigenvalue weighted by Gasteiger charge is 2.23. The van der Waals surface area contributed by atoms with Crippen LogP contribution in [0.4, 0.5) is 0 Å². The zero-order valence-electron chi connectivity index (χ0n) is 28.6. The van der Waals surface area contributed by atoms with Crippen LogP contribution < -0.4 is 0 Å². The maximum absolute atomic E-state index is 6.42. The van der Waals surface area contributed by atoms with Gasteiger partial charge in [-0.3, -0.25) is 0 Å². The number of benzene rings is 9. The van der Waals surface area contributed by atoms with Gasteiger partial charge in [-0.25, -0.2) is 0 Å². The van der Waals surface area contributed by atoms with E-state index in [9.17, 15) is 0 Å². The fourth-order valence-corrected chi connectivity index (χ4v) is 9.11. The Morgan fingerprint density at radius 2 is 0.925 bits per heavy atom. The summed E-state index contributed by atoms with van der Waals surface area (Å²) in [6, 6.07) is 65.9. The van der Waals surface area contributed by atoms with Crippen LogP contribution in [-0.2, 0) is 0 Å². The summed E-state index contributed by atoms with van der Waals surface area (Å²) in [6.45, 7) is 0. The first-order valence-electron chi connectivity index (χ1n) is 18.2. The lowest BCUT2D eigenvalue weighted by Crippen LogP contribution is -1.95. The normalized spacial score (nSPS) is 12.2. The molecule has 246 valence electrons. The molecule has 0 N–H and O–H groups in total. The second-order valence-electron chi connectivity index (χ2n) is 14.0. The predicted molar refractivity (Wildman–Crippen MR) is 223 cm³/mol. The molecule has 0 saturated heterocycles. The SMILES string of the molecule is c1ccc(-n2c3ccccc3c3c4c(ccc5c4c4ccccc4n5-c4ccc(-c5cccc6c5oc5ccccc56)cc4)c4ccccc4c32)cc1. The monoisotopic (exact) mass is 674 g/mol. The van der Waals surface area contributed by atoms with Gasteiger partial charge in [0.25, 0.3) is 0 Å². The van der Waals surface area contributed by atoms with E-state index < -0.39 is 0 Å². The van der Waals surface area contributed by atoms with Crippen molar-refractivity contribution in [3.63, 3.8) is 0 Å². The van der Waals surface area contributed by atoms with Crippen molar-refractivity contribution in [1.82, 2.24) is 9.13 Å². The van der Waals surface area contributed by atoms with Crippen molar-refractivity contribution in [3.05, 3.63) is 182 Å². The molecule has 3 aromatic heterocycles. The first kappa shape index (κ1) is 28.6. The van der Waals surface area contributed by atoms with E-state index in [0.717, 1.165) is 44.4 Å². The zero-order valence-corrected chi connectivity index (χ0v) is 28.6. The van der Waals surface area contributed by atoms with Crippen molar-refractivity contribution in [2.75, 3.05) is 0 Å². The highest BCUT2D eigenvalue weighted by molar-refractivity contribution is 6.39. The van der Waals surface area contributed by atoms with Crippen LogP contribution in [-0.4, -0.2) is 9.13 Å². The molecule has 0 bridgehead atoms. The maximum atomic E-state index is 6.42. The van der Waals surface area contributed by atoms with Gasteiger partial charge in [0.1, 0.15) is 11.2 Å². The predicted octanol–water partition coefficient (Wildman–Crippen LogP) is 13.8. The quantitative estimate of drug-likeness (QED) is 0.171. The van der Waals surface area contributed by atoms with Gasteiger partial charge in [0.2, 0.25) is 0 Å². The van der Waals surface area contributed by atoms with E-state index >= 15 is 0 Å². The van der Waals surface area contributed by atoms with Gasteiger partial charge in [-0.1, -0.05) is 133 Å². The zero-order chi connectivity index (χ0) is 34.6. The van der Waals surface area contributed by atoms with Gasteiger partial charge >= 0.3 is 0 Å². The summed E-state index contributed by atoms with van der Waals surface area (Å²) in [5.74, 6) is 0. The van der Waals surface area contributed by atoms with Crippen LogP contribution in [0.3, 0.4) is 0 Å².